The van der Waals surface area contributed by atoms with Gasteiger partial charge in [0.05, 0.1) is 19.3 Å². The molecule has 0 aliphatic heterocycles. The molecule has 0 saturated heterocycles. The Hall–Kier alpha value is -0.120. The molecule has 0 radical (unpaired) electrons. The first-order chi connectivity index (χ1) is 7.25. The van der Waals surface area contributed by atoms with E-state index in [0.717, 1.165) is 6.61 Å². The fraction of sp³-hybridized carbons (Fsp3) is 1.00. The summed E-state index contributed by atoms with van der Waals surface area (Å²) in [7, 11) is 0. The summed E-state index contributed by atoms with van der Waals surface area (Å²) < 4.78 is 11.3. The zero-order valence-corrected chi connectivity index (χ0v) is 11.7. The molecule has 98 valence electrons. The first kappa shape index (κ1) is 15.9. The van der Waals surface area contributed by atoms with Crippen molar-refractivity contribution in [1.29, 1.82) is 0 Å². The Morgan fingerprint density at radius 1 is 1.06 bits per heavy atom. The summed E-state index contributed by atoms with van der Waals surface area (Å²) in [6, 6.07) is 0.0464. The molecule has 0 bridgehead atoms. The molecule has 0 aliphatic carbocycles. The first-order valence-electron chi connectivity index (χ1n) is 6.20. The maximum Gasteiger partial charge on any atom is 0.0772 e. The largest absolute Gasteiger partial charge is 0.379 e. The van der Waals surface area contributed by atoms with E-state index in [1.54, 1.807) is 0 Å². The van der Waals surface area contributed by atoms with Crippen molar-refractivity contribution in [1.82, 2.24) is 0 Å². The van der Waals surface area contributed by atoms with Crippen molar-refractivity contribution >= 4 is 0 Å². The molecule has 2 unspecified atom stereocenters. The summed E-state index contributed by atoms with van der Waals surface area (Å²) in [5, 5.41) is 0. The molecule has 0 amide bonds. The zero-order valence-electron chi connectivity index (χ0n) is 11.7. The van der Waals surface area contributed by atoms with Crippen molar-refractivity contribution in [2.24, 2.45) is 17.1 Å². The molecule has 3 heteroatoms. The average molecular weight is 231 g/mol. The van der Waals surface area contributed by atoms with Gasteiger partial charge in [0, 0.05) is 12.6 Å². The fourth-order valence-electron chi connectivity index (χ4n) is 1.74. The van der Waals surface area contributed by atoms with Crippen LogP contribution in [-0.2, 0) is 9.47 Å². The summed E-state index contributed by atoms with van der Waals surface area (Å²) in [4.78, 5) is 0. The van der Waals surface area contributed by atoms with Crippen LogP contribution >= 0.6 is 0 Å². The highest BCUT2D eigenvalue weighted by molar-refractivity contribution is 4.81. The zero-order chi connectivity index (χ0) is 12.8. The van der Waals surface area contributed by atoms with Gasteiger partial charge in [-0.3, -0.25) is 0 Å². The van der Waals surface area contributed by atoms with Gasteiger partial charge in [0.15, 0.2) is 0 Å². The normalized spacial score (nSPS) is 16.5. The van der Waals surface area contributed by atoms with Gasteiger partial charge in [0.2, 0.25) is 0 Å². The van der Waals surface area contributed by atoms with Crippen molar-refractivity contribution in [3.63, 3.8) is 0 Å². The van der Waals surface area contributed by atoms with Gasteiger partial charge < -0.3 is 15.2 Å². The topological polar surface area (TPSA) is 44.5 Å². The van der Waals surface area contributed by atoms with Gasteiger partial charge in [0.1, 0.15) is 0 Å². The maximum absolute atomic E-state index is 5.92. The Morgan fingerprint density at radius 3 is 2.00 bits per heavy atom. The van der Waals surface area contributed by atoms with E-state index in [2.05, 4.69) is 34.6 Å². The summed E-state index contributed by atoms with van der Waals surface area (Å²) in [6.45, 7) is 14.8. The molecule has 0 rings (SSSR count). The van der Waals surface area contributed by atoms with Crippen molar-refractivity contribution in [2.45, 2.75) is 53.7 Å². The van der Waals surface area contributed by atoms with Gasteiger partial charge >= 0.3 is 0 Å². The molecule has 0 aromatic rings. The van der Waals surface area contributed by atoms with Crippen molar-refractivity contribution in [2.75, 3.05) is 19.8 Å². The monoisotopic (exact) mass is 231 g/mol. The van der Waals surface area contributed by atoms with E-state index in [0.29, 0.717) is 19.1 Å². The lowest BCUT2D eigenvalue weighted by molar-refractivity contribution is -0.0548. The average Bonchev–Trinajstić information content (AvgIpc) is 2.07. The van der Waals surface area contributed by atoms with E-state index in [1.165, 1.54) is 0 Å². The van der Waals surface area contributed by atoms with Gasteiger partial charge in [-0.25, -0.2) is 0 Å². The Labute approximate surface area is 101 Å². The molecule has 0 aromatic carbocycles. The quantitative estimate of drug-likeness (QED) is 0.684. The smallest absolute Gasteiger partial charge is 0.0772 e. The summed E-state index contributed by atoms with van der Waals surface area (Å²) in [6.07, 6.45) is 0.0788. The van der Waals surface area contributed by atoms with E-state index in [9.17, 15) is 0 Å². The molecule has 2 N–H and O–H groups in total. The second-order valence-corrected chi connectivity index (χ2v) is 5.99. The highest BCUT2D eigenvalue weighted by Crippen LogP contribution is 2.24. The number of rotatable bonds is 7. The van der Waals surface area contributed by atoms with Crippen LogP contribution in [-0.4, -0.2) is 32.0 Å². The van der Waals surface area contributed by atoms with Crippen LogP contribution in [0, 0.1) is 11.3 Å². The van der Waals surface area contributed by atoms with Crippen LogP contribution in [0.2, 0.25) is 0 Å². The summed E-state index contributed by atoms with van der Waals surface area (Å²) >= 11 is 0. The lowest BCUT2D eigenvalue weighted by Gasteiger charge is -2.33. The van der Waals surface area contributed by atoms with Crippen molar-refractivity contribution < 1.29 is 9.47 Å². The van der Waals surface area contributed by atoms with E-state index < -0.39 is 0 Å². The number of ether oxygens (including phenoxy) is 2. The SMILES string of the molecule is CC(C)COCCOC(C(C)N)C(C)(C)C. The number of nitrogens with two attached hydrogens (primary N) is 1. The van der Waals surface area contributed by atoms with Crippen LogP contribution in [0.3, 0.4) is 0 Å². The Kier molecular flexibility index (Phi) is 7.20. The third kappa shape index (κ3) is 7.20. The highest BCUT2D eigenvalue weighted by atomic mass is 16.5. The second-order valence-electron chi connectivity index (χ2n) is 5.99. The molecule has 0 fully saturated rings. The van der Waals surface area contributed by atoms with Crippen molar-refractivity contribution in [3.8, 4) is 0 Å². The predicted octanol–water partition coefficient (Wildman–Crippen LogP) is 2.44. The molecule has 0 saturated carbocycles. The minimum atomic E-state index is 0.0464. The molecule has 3 nitrogen and oxygen atoms in total. The lowest BCUT2D eigenvalue weighted by atomic mass is 9.85. The van der Waals surface area contributed by atoms with Gasteiger partial charge in [-0.15, -0.1) is 0 Å². The highest BCUT2D eigenvalue weighted by Gasteiger charge is 2.28. The molecule has 16 heavy (non-hydrogen) atoms. The molecular weight excluding hydrogens is 202 g/mol. The summed E-state index contributed by atoms with van der Waals surface area (Å²) in [5.74, 6) is 0.576. The number of hydrogen-bond donors (Lipinski definition) is 1. The molecule has 0 aromatic heterocycles. The molecule has 0 spiro atoms. The van der Waals surface area contributed by atoms with E-state index in [4.69, 9.17) is 15.2 Å². The Balaban J connectivity index is 3.79. The lowest BCUT2D eigenvalue weighted by Crippen LogP contribution is -2.44. The third-order valence-electron chi connectivity index (χ3n) is 2.31. The van der Waals surface area contributed by atoms with Gasteiger partial charge in [0.25, 0.3) is 0 Å². The van der Waals surface area contributed by atoms with Crippen LogP contribution in [0.4, 0.5) is 0 Å². The van der Waals surface area contributed by atoms with Crippen LogP contribution in [0.15, 0.2) is 0 Å². The van der Waals surface area contributed by atoms with Gasteiger partial charge in [-0.1, -0.05) is 34.6 Å². The van der Waals surface area contributed by atoms with E-state index in [1.807, 2.05) is 6.92 Å². The van der Waals surface area contributed by atoms with Crippen LogP contribution in [0.25, 0.3) is 0 Å². The molecule has 2 atom stereocenters. The van der Waals surface area contributed by atoms with Crippen LogP contribution in [0.5, 0.6) is 0 Å². The summed E-state index contributed by atoms with van der Waals surface area (Å²) in [5.41, 5.74) is 6.00. The van der Waals surface area contributed by atoms with Gasteiger partial charge in [-0.05, 0) is 18.3 Å². The van der Waals surface area contributed by atoms with Crippen molar-refractivity contribution in [3.05, 3.63) is 0 Å². The third-order valence-corrected chi connectivity index (χ3v) is 2.31. The van der Waals surface area contributed by atoms with E-state index in [-0.39, 0.29) is 17.6 Å². The second kappa shape index (κ2) is 7.25. The standard InChI is InChI=1S/C13H29NO2/c1-10(2)9-15-7-8-16-12(11(3)14)13(4,5)6/h10-12H,7-9,14H2,1-6H3. The van der Waals surface area contributed by atoms with Gasteiger partial charge in [-0.2, -0.15) is 0 Å². The minimum Gasteiger partial charge on any atom is -0.379 e. The molecule has 0 aliphatic rings. The van der Waals surface area contributed by atoms with Crippen LogP contribution < -0.4 is 5.73 Å². The van der Waals surface area contributed by atoms with E-state index >= 15 is 0 Å². The first-order valence-corrected chi connectivity index (χ1v) is 6.20. The minimum absolute atomic E-state index is 0.0464. The maximum atomic E-state index is 5.92. The Morgan fingerprint density at radius 2 is 1.62 bits per heavy atom. The molecule has 0 heterocycles. The molecular formula is C13H29NO2. The Bertz CT molecular complexity index is 173. The predicted molar refractivity (Wildman–Crippen MR) is 68.5 cm³/mol. The van der Waals surface area contributed by atoms with Crippen LogP contribution in [0.1, 0.15) is 41.5 Å². The fourth-order valence-corrected chi connectivity index (χ4v) is 1.74. The number of hydrogen-bond acceptors (Lipinski definition) is 3.